The number of rotatable bonds is 6. The Bertz CT molecular complexity index is 949. The monoisotopic (exact) mass is 478 g/mol. The van der Waals surface area contributed by atoms with Crippen molar-refractivity contribution in [3.8, 4) is 0 Å². The lowest BCUT2D eigenvalue weighted by Crippen LogP contribution is -2.23. The zero-order valence-corrected chi connectivity index (χ0v) is 22.9. The molecule has 0 bridgehead atoms. The van der Waals surface area contributed by atoms with Crippen LogP contribution in [-0.4, -0.2) is 0 Å². The molecular formula is C34H42N2. The lowest BCUT2D eigenvalue weighted by atomic mass is 10.1. The highest BCUT2D eigenvalue weighted by Crippen LogP contribution is 2.35. The summed E-state index contributed by atoms with van der Waals surface area (Å²) in [5, 5.41) is 0. The second kappa shape index (κ2) is 16.0. The van der Waals surface area contributed by atoms with E-state index in [1.165, 1.54) is 24.2 Å². The molecule has 36 heavy (non-hydrogen) atoms. The van der Waals surface area contributed by atoms with Crippen LogP contribution in [0.5, 0.6) is 0 Å². The number of hydrogen-bond donors (Lipinski definition) is 0. The van der Waals surface area contributed by atoms with Crippen LogP contribution in [0.2, 0.25) is 0 Å². The summed E-state index contributed by atoms with van der Waals surface area (Å²) >= 11 is 0. The summed E-state index contributed by atoms with van der Waals surface area (Å²) in [5.74, 6) is 0. The Balaban J connectivity index is 0.000000693. The van der Waals surface area contributed by atoms with Crippen LogP contribution in [0.15, 0.2) is 133 Å². The molecule has 0 heterocycles. The first-order valence-corrected chi connectivity index (χ1v) is 13.1. The van der Waals surface area contributed by atoms with Gasteiger partial charge in [-0.1, -0.05) is 113 Å². The Morgan fingerprint density at radius 1 is 0.389 bits per heavy atom. The van der Waals surface area contributed by atoms with Gasteiger partial charge < -0.3 is 9.80 Å². The van der Waals surface area contributed by atoms with E-state index < -0.39 is 0 Å². The zero-order valence-electron chi connectivity index (χ0n) is 22.9. The van der Waals surface area contributed by atoms with Gasteiger partial charge in [0.05, 0.1) is 0 Å². The molecule has 0 unspecified atom stereocenters. The fraction of sp³-hybridized carbons (Fsp3) is 0.235. The molecule has 4 aromatic rings. The van der Waals surface area contributed by atoms with Gasteiger partial charge in [0.1, 0.15) is 0 Å². The van der Waals surface area contributed by atoms with E-state index in [4.69, 9.17) is 0 Å². The average Bonchev–Trinajstić information content (AvgIpc) is 2.92. The van der Waals surface area contributed by atoms with Crippen LogP contribution in [0.3, 0.4) is 0 Å². The molecule has 2 nitrogen and oxygen atoms in total. The summed E-state index contributed by atoms with van der Waals surface area (Å²) in [6, 6.07) is 42.1. The predicted octanol–water partition coefficient (Wildman–Crippen LogP) is 10.7. The Labute approximate surface area is 219 Å². The summed E-state index contributed by atoms with van der Waals surface area (Å²) < 4.78 is 0. The van der Waals surface area contributed by atoms with Gasteiger partial charge in [-0.2, -0.15) is 0 Å². The second-order valence-corrected chi connectivity index (χ2v) is 8.60. The van der Waals surface area contributed by atoms with Crippen molar-refractivity contribution in [1.82, 2.24) is 0 Å². The summed E-state index contributed by atoms with van der Waals surface area (Å²) in [7, 11) is 0. The Morgan fingerprint density at radius 2 is 0.556 bits per heavy atom. The minimum absolute atomic E-state index is 1.14. The molecule has 0 fully saturated rings. The molecule has 0 radical (unpaired) electrons. The van der Waals surface area contributed by atoms with Crippen molar-refractivity contribution in [3.05, 3.63) is 133 Å². The maximum Gasteiger partial charge on any atom is 0.0459 e. The van der Waals surface area contributed by atoms with Gasteiger partial charge in [-0.15, -0.1) is 0 Å². The van der Waals surface area contributed by atoms with Gasteiger partial charge in [0.25, 0.3) is 0 Å². The van der Waals surface area contributed by atoms with Crippen LogP contribution in [-0.2, 0) is 0 Å². The van der Waals surface area contributed by atoms with E-state index in [0.29, 0.717) is 0 Å². The largest absolute Gasteiger partial charge is 0.313 e. The third-order valence-corrected chi connectivity index (χ3v) is 5.25. The van der Waals surface area contributed by atoms with Crippen molar-refractivity contribution in [2.45, 2.75) is 54.4 Å². The lowest BCUT2D eigenvalue weighted by Gasteiger charge is -2.33. The molecule has 188 valence electrons. The van der Waals surface area contributed by atoms with Crippen molar-refractivity contribution >= 4 is 22.7 Å². The standard InChI is InChI=1S/C28H26N2.2C3H8/c1-23(29(25-15-7-3-8-16-25)26-17-9-4-10-18-26)24(2)30(27-19-11-5-12-20-27)28-21-13-6-14-22-28;2*1-3-2/h3-22H,1-2H3;2*3H2,1-2H3/b24-23+;;. The van der Waals surface area contributed by atoms with Gasteiger partial charge in [0.15, 0.2) is 0 Å². The van der Waals surface area contributed by atoms with E-state index in [2.05, 4.69) is 173 Å². The van der Waals surface area contributed by atoms with E-state index in [1.807, 2.05) is 0 Å². The van der Waals surface area contributed by atoms with Crippen molar-refractivity contribution in [1.29, 1.82) is 0 Å². The van der Waals surface area contributed by atoms with E-state index >= 15 is 0 Å². The number of anilines is 4. The maximum absolute atomic E-state index is 2.31. The second-order valence-electron chi connectivity index (χ2n) is 8.60. The molecule has 4 aromatic carbocycles. The quantitative estimate of drug-likeness (QED) is 0.272. The van der Waals surface area contributed by atoms with Crippen molar-refractivity contribution in [2.75, 3.05) is 9.80 Å². The number of para-hydroxylation sites is 4. The molecule has 0 aliphatic rings. The smallest absolute Gasteiger partial charge is 0.0459 e. The molecule has 0 spiro atoms. The highest BCUT2D eigenvalue weighted by molar-refractivity contribution is 5.73. The molecular weight excluding hydrogens is 436 g/mol. The summed E-state index contributed by atoms with van der Waals surface area (Å²) in [6.07, 6.45) is 2.50. The van der Waals surface area contributed by atoms with Crippen molar-refractivity contribution in [2.24, 2.45) is 0 Å². The first-order chi connectivity index (χ1) is 17.6. The lowest BCUT2D eigenvalue weighted by molar-refractivity contribution is 1.04. The topological polar surface area (TPSA) is 6.48 Å². The third-order valence-electron chi connectivity index (χ3n) is 5.25. The van der Waals surface area contributed by atoms with Crippen LogP contribution < -0.4 is 9.80 Å². The van der Waals surface area contributed by atoms with Crippen LogP contribution in [0.25, 0.3) is 0 Å². The number of allylic oxidation sites excluding steroid dienone is 2. The molecule has 0 aliphatic heterocycles. The SMILES string of the molecule is C/C(=C(/C)N(c1ccccc1)c1ccccc1)N(c1ccccc1)c1ccccc1.CCC.CCC. The van der Waals surface area contributed by atoms with Crippen LogP contribution in [0.1, 0.15) is 54.4 Å². The van der Waals surface area contributed by atoms with Crippen molar-refractivity contribution in [3.63, 3.8) is 0 Å². The Morgan fingerprint density at radius 3 is 0.722 bits per heavy atom. The Kier molecular flexibility index (Phi) is 12.6. The van der Waals surface area contributed by atoms with E-state index in [0.717, 1.165) is 22.7 Å². The molecule has 0 aromatic heterocycles. The van der Waals surface area contributed by atoms with Gasteiger partial charge in [-0.25, -0.2) is 0 Å². The molecule has 0 saturated heterocycles. The molecule has 0 saturated carbocycles. The molecule has 0 N–H and O–H groups in total. The van der Waals surface area contributed by atoms with Gasteiger partial charge in [-0.3, -0.25) is 0 Å². The first kappa shape index (κ1) is 28.5. The van der Waals surface area contributed by atoms with Gasteiger partial charge in [-0.05, 0) is 62.4 Å². The van der Waals surface area contributed by atoms with Gasteiger partial charge in [0.2, 0.25) is 0 Å². The molecule has 0 amide bonds. The average molecular weight is 479 g/mol. The fourth-order valence-corrected chi connectivity index (χ4v) is 3.70. The number of hydrogen-bond acceptors (Lipinski definition) is 2. The highest BCUT2D eigenvalue weighted by atomic mass is 15.2. The molecule has 4 rings (SSSR count). The molecule has 2 heteroatoms. The summed E-state index contributed by atoms with van der Waals surface area (Å²) in [5.41, 5.74) is 6.90. The third kappa shape index (κ3) is 8.16. The minimum Gasteiger partial charge on any atom is -0.313 e. The van der Waals surface area contributed by atoms with E-state index in [-0.39, 0.29) is 0 Å². The van der Waals surface area contributed by atoms with Gasteiger partial charge in [0, 0.05) is 34.1 Å². The highest BCUT2D eigenvalue weighted by Gasteiger charge is 2.19. The Hall–Kier alpha value is -3.78. The summed E-state index contributed by atoms with van der Waals surface area (Å²) in [6.45, 7) is 12.9. The van der Waals surface area contributed by atoms with Crippen LogP contribution in [0.4, 0.5) is 22.7 Å². The fourth-order valence-electron chi connectivity index (χ4n) is 3.70. The normalized spacial score (nSPS) is 10.6. The number of nitrogens with zero attached hydrogens (tertiary/aromatic N) is 2. The number of benzene rings is 4. The zero-order chi connectivity index (χ0) is 26.2. The van der Waals surface area contributed by atoms with E-state index in [9.17, 15) is 0 Å². The molecule has 0 aliphatic carbocycles. The predicted molar refractivity (Wildman–Crippen MR) is 160 cm³/mol. The first-order valence-electron chi connectivity index (χ1n) is 13.1. The van der Waals surface area contributed by atoms with Gasteiger partial charge >= 0.3 is 0 Å². The maximum atomic E-state index is 2.31. The van der Waals surface area contributed by atoms with E-state index in [1.54, 1.807) is 0 Å². The van der Waals surface area contributed by atoms with Crippen LogP contribution in [0, 0.1) is 0 Å². The molecule has 0 atom stereocenters. The van der Waals surface area contributed by atoms with Crippen molar-refractivity contribution < 1.29 is 0 Å². The minimum atomic E-state index is 1.14. The van der Waals surface area contributed by atoms with Crippen LogP contribution >= 0.6 is 0 Å². The summed E-state index contributed by atoms with van der Waals surface area (Å²) in [4.78, 5) is 4.63.